The molecule has 1 rings (SSSR count). The number of hydrogen-bond donors (Lipinski definition) is 1. The maximum absolute atomic E-state index is 6.30. The van der Waals surface area contributed by atoms with Gasteiger partial charge in [0.25, 0.3) is 0 Å². The minimum absolute atomic E-state index is 0.382. The van der Waals surface area contributed by atoms with Crippen molar-refractivity contribution in [2.24, 2.45) is 0 Å². The summed E-state index contributed by atoms with van der Waals surface area (Å²) in [4.78, 5) is 0. The van der Waals surface area contributed by atoms with E-state index >= 15 is 0 Å². The molecule has 0 bridgehead atoms. The van der Waals surface area contributed by atoms with Gasteiger partial charge in [-0.1, -0.05) is 66.7 Å². The van der Waals surface area contributed by atoms with Crippen LogP contribution < -0.4 is 5.32 Å². The molecular formula is C14H21BrClN. The number of nitrogens with one attached hydrogen (secondary N) is 1. The molecule has 0 spiro atoms. The molecule has 0 amide bonds. The second kappa shape index (κ2) is 8.12. The summed E-state index contributed by atoms with van der Waals surface area (Å²) >= 11 is 9.75. The van der Waals surface area contributed by atoms with Crippen molar-refractivity contribution in [3.8, 4) is 0 Å². The summed E-state index contributed by atoms with van der Waals surface area (Å²) in [7, 11) is 0. The fraction of sp³-hybridized carbons (Fsp3) is 0.571. The van der Waals surface area contributed by atoms with Gasteiger partial charge in [-0.05, 0) is 30.7 Å². The van der Waals surface area contributed by atoms with E-state index in [4.69, 9.17) is 11.6 Å². The van der Waals surface area contributed by atoms with Crippen LogP contribution in [0, 0.1) is 0 Å². The maximum atomic E-state index is 6.30. The van der Waals surface area contributed by atoms with Gasteiger partial charge in [-0.15, -0.1) is 0 Å². The van der Waals surface area contributed by atoms with Crippen molar-refractivity contribution in [3.05, 3.63) is 33.3 Å². The zero-order chi connectivity index (χ0) is 12.7. The average molecular weight is 319 g/mol. The number of halogens is 2. The van der Waals surface area contributed by atoms with E-state index in [1.54, 1.807) is 0 Å². The molecular weight excluding hydrogens is 298 g/mol. The van der Waals surface area contributed by atoms with Crippen LogP contribution in [0.15, 0.2) is 22.7 Å². The highest BCUT2D eigenvalue weighted by Gasteiger charge is 2.13. The van der Waals surface area contributed by atoms with E-state index in [1.165, 1.54) is 24.8 Å². The van der Waals surface area contributed by atoms with Gasteiger partial charge in [0, 0.05) is 15.5 Å². The van der Waals surface area contributed by atoms with Gasteiger partial charge in [-0.25, -0.2) is 0 Å². The van der Waals surface area contributed by atoms with Crippen molar-refractivity contribution in [2.45, 2.75) is 45.6 Å². The van der Waals surface area contributed by atoms with Crippen LogP contribution in [0.1, 0.15) is 51.1 Å². The largest absolute Gasteiger partial charge is 0.310 e. The number of unbranched alkanes of at least 4 members (excludes halogenated alkanes) is 2. The first-order valence-corrected chi connectivity index (χ1v) is 7.54. The van der Waals surface area contributed by atoms with Crippen LogP contribution in [0.25, 0.3) is 0 Å². The molecule has 96 valence electrons. The molecule has 0 saturated carbocycles. The van der Waals surface area contributed by atoms with Crippen LogP contribution in [0.2, 0.25) is 5.02 Å². The molecule has 0 saturated heterocycles. The highest BCUT2D eigenvalue weighted by molar-refractivity contribution is 9.10. The lowest BCUT2D eigenvalue weighted by Crippen LogP contribution is -2.21. The van der Waals surface area contributed by atoms with Gasteiger partial charge < -0.3 is 5.32 Å². The Hall–Kier alpha value is -0.0500. The van der Waals surface area contributed by atoms with E-state index in [1.807, 2.05) is 6.07 Å². The SMILES string of the molecule is CCCCCC(NCC)c1ccc(Br)cc1Cl. The van der Waals surface area contributed by atoms with Crippen molar-refractivity contribution in [2.75, 3.05) is 6.54 Å². The molecule has 17 heavy (non-hydrogen) atoms. The van der Waals surface area contributed by atoms with E-state index in [0.717, 1.165) is 22.5 Å². The van der Waals surface area contributed by atoms with Crippen molar-refractivity contribution in [1.82, 2.24) is 5.32 Å². The second-order valence-electron chi connectivity index (χ2n) is 4.27. The topological polar surface area (TPSA) is 12.0 Å². The highest BCUT2D eigenvalue weighted by Crippen LogP contribution is 2.29. The summed E-state index contributed by atoms with van der Waals surface area (Å²) in [5.41, 5.74) is 1.22. The Kier molecular flexibility index (Phi) is 7.17. The Morgan fingerprint density at radius 2 is 2.06 bits per heavy atom. The molecule has 0 aliphatic heterocycles. The smallest absolute Gasteiger partial charge is 0.0465 e. The third kappa shape index (κ3) is 4.99. The van der Waals surface area contributed by atoms with Crippen LogP contribution in [-0.4, -0.2) is 6.54 Å². The van der Waals surface area contributed by atoms with Gasteiger partial charge in [-0.3, -0.25) is 0 Å². The van der Waals surface area contributed by atoms with Crippen molar-refractivity contribution >= 4 is 27.5 Å². The third-order valence-electron chi connectivity index (χ3n) is 2.88. The van der Waals surface area contributed by atoms with Gasteiger partial charge in [0.2, 0.25) is 0 Å². The minimum Gasteiger partial charge on any atom is -0.310 e. The zero-order valence-electron chi connectivity index (χ0n) is 10.6. The fourth-order valence-corrected chi connectivity index (χ4v) is 2.80. The lowest BCUT2D eigenvalue weighted by atomic mass is 10.0. The predicted molar refractivity (Wildman–Crippen MR) is 79.7 cm³/mol. The standard InChI is InChI=1S/C14H21BrClN/c1-3-5-6-7-14(17-4-2)12-9-8-11(15)10-13(12)16/h8-10,14,17H,3-7H2,1-2H3. The third-order valence-corrected chi connectivity index (χ3v) is 3.71. The van der Waals surface area contributed by atoms with E-state index in [2.05, 4.69) is 47.2 Å². The van der Waals surface area contributed by atoms with Gasteiger partial charge in [-0.2, -0.15) is 0 Å². The van der Waals surface area contributed by atoms with Gasteiger partial charge in [0.05, 0.1) is 0 Å². The summed E-state index contributed by atoms with van der Waals surface area (Å²) in [6.07, 6.45) is 4.95. The van der Waals surface area contributed by atoms with Gasteiger partial charge >= 0.3 is 0 Å². The molecule has 0 aliphatic carbocycles. The van der Waals surface area contributed by atoms with E-state index < -0.39 is 0 Å². The second-order valence-corrected chi connectivity index (χ2v) is 5.59. The first kappa shape index (κ1) is 15.0. The zero-order valence-corrected chi connectivity index (χ0v) is 12.9. The van der Waals surface area contributed by atoms with Crippen LogP contribution >= 0.6 is 27.5 Å². The Morgan fingerprint density at radius 3 is 2.65 bits per heavy atom. The lowest BCUT2D eigenvalue weighted by Gasteiger charge is -2.19. The summed E-state index contributed by atoms with van der Waals surface area (Å²) < 4.78 is 1.04. The van der Waals surface area contributed by atoms with E-state index in [9.17, 15) is 0 Å². The van der Waals surface area contributed by atoms with Crippen LogP contribution in [-0.2, 0) is 0 Å². The summed E-state index contributed by atoms with van der Waals surface area (Å²) in [5, 5.41) is 4.37. The fourth-order valence-electron chi connectivity index (χ4n) is 2.00. The maximum Gasteiger partial charge on any atom is 0.0465 e. The summed E-state index contributed by atoms with van der Waals surface area (Å²) in [6, 6.07) is 6.53. The number of rotatable bonds is 7. The number of hydrogen-bond acceptors (Lipinski definition) is 1. The Balaban J connectivity index is 2.74. The first-order valence-electron chi connectivity index (χ1n) is 6.37. The van der Waals surface area contributed by atoms with Gasteiger partial charge in [0.15, 0.2) is 0 Å². The molecule has 1 unspecified atom stereocenters. The normalized spacial score (nSPS) is 12.7. The molecule has 1 nitrogen and oxygen atoms in total. The predicted octanol–water partition coefficient (Wildman–Crippen LogP) is 5.33. The molecule has 0 aliphatic rings. The van der Waals surface area contributed by atoms with Crippen molar-refractivity contribution in [3.63, 3.8) is 0 Å². The monoisotopic (exact) mass is 317 g/mol. The van der Waals surface area contributed by atoms with Crippen molar-refractivity contribution in [1.29, 1.82) is 0 Å². The minimum atomic E-state index is 0.382. The Morgan fingerprint density at radius 1 is 1.29 bits per heavy atom. The van der Waals surface area contributed by atoms with E-state index in [-0.39, 0.29) is 0 Å². The highest BCUT2D eigenvalue weighted by atomic mass is 79.9. The first-order chi connectivity index (χ1) is 8.19. The molecule has 1 aromatic rings. The van der Waals surface area contributed by atoms with Crippen LogP contribution in [0.4, 0.5) is 0 Å². The molecule has 0 fully saturated rings. The Bertz CT molecular complexity index is 341. The van der Waals surface area contributed by atoms with E-state index in [0.29, 0.717) is 6.04 Å². The molecule has 0 heterocycles. The van der Waals surface area contributed by atoms with Crippen molar-refractivity contribution < 1.29 is 0 Å². The molecule has 1 aromatic carbocycles. The van der Waals surface area contributed by atoms with Gasteiger partial charge in [0.1, 0.15) is 0 Å². The van der Waals surface area contributed by atoms with Crippen LogP contribution in [0.3, 0.4) is 0 Å². The molecule has 1 N–H and O–H groups in total. The molecule has 3 heteroatoms. The lowest BCUT2D eigenvalue weighted by molar-refractivity contribution is 0.487. The molecule has 0 aromatic heterocycles. The quantitative estimate of drug-likeness (QED) is 0.670. The molecule has 0 radical (unpaired) electrons. The van der Waals surface area contributed by atoms with Crippen LogP contribution in [0.5, 0.6) is 0 Å². The average Bonchev–Trinajstić information content (AvgIpc) is 2.28. The number of benzene rings is 1. The summed E-state index contributed by atoms with van der Waals surface area (Å²) in [6.45, 7) is 5.34. The Labute approximate surface area is 118 Å². The summed E-state index contributed by atoms with van der Waals surface area (Å²) in [5.74, 6) is 0. The molecule has 1 atom stereocenters.